The van der Waals surface area contributed by atoms with Crippen LogP contribution in [0, 0.1) is 5.92 Å². The number of hydrogen-bond donors (Lipinski definition) is 2. The number of carbonyl (C=O) groups excluding carboxylic acids is 2. The molecule has 3 unspecified atom stereocenters. The molecule has 21 heavy (non-hydrogen) atoms. The Kier molecular flexibility index (Phi) is 5.81. The third-order valence-corrected chi connectivity index (χ3v) is 4.10. The van der Waals surface area contributed by atoms with Crippen LogP contribution in [-0.2, 0) is 14.3 Å². The van der Waals surface area contributed by atoms with E-state index in [2.05, 4.69) is 10.6 Å². The summed E-state index contributed by atoms with van der Waals surface area (Å²) in [5.41, 5.74) is 0. The lowest BCUT2D eigenvalue weighted by Crippen LogP contribution is -2.53. The van der Waals surface area contributed by atoms with Crippen LogP contribution in [-0.4, -0.2) is 68.9 Å². The average Bonchev–Trinajstić information content (AvgIpc) is 2.95. The highest BCUT2D eigenvalue weighted by molar-refractivity contribution is 5.80. The Hall–Kier alpha value is -1.34. The van der Waals surface area contributed by atoms with Crippen LogP contribution in [0.1, 0.15) is 19.8 Å². The number of likely N-dealkylation sites (tertiary alicyclic amines) is 1. The zero-order valence-electron chi connectivity index (χ0n) is 12.8. The van der Waals surface area contributed by atoms with E-state index in [0.29, 0.717) is 26.4 Å². The minimum atomic E-state index is -0.408. The van der Waals surface area contributed by atoms with Crippen LogP contribution in [0.5, 0.6) is 0 Å². The van der Waals surface area contributed by atoms with Crippen molar-refractivity contribution in [1.29, 1.82) is 0 Å². The van der Waals surface area contributed by atoms with Crippen LogP contribution < -0.4 is 10.6 Å². The predicted octanol–water partition coefficient (Wildman–Crippen LogP) is -0.0421. The summed E-state index contributed by atoms with van der Waals surface area (Å²) < 4.78 is 10.3. The first-order valence-electron chi connectivity index (χ1n) is 7.62. The lowest BCUT2D eigenvalue weighted by molar-refractivity contribution is -0.137. The molecule has 0 saturated carbocycles. The molecule has 2 aliphatic heterocycles. The third kappa shape index (κ3) is 4.07. The van der Waals surface area contributed by atoms with Gasteiger partial charge in [-0.1, -0.05) is 0 Å². The summed E-state index contributed by atoms with van der Waals surface area (Å²) in [6.45, 7) is 4.46. The molecule has 2 aliphatic rings. The van der Waals surface area contributed by atoms with Crippen molar-refractivity contribution in [3.8, 4) is 0 Å². The summed E-state index contributed by atoms with van der Waals surface area (Å²) >= 11 is 0. The van der Waals surface area contributed by atoms with Gasteiger partial charge in [0, 0.05) is 25.2 Å². The van der Waals surface area contributed by atoms with E-state index in [1.54, 1.807) is 6.92 Å². The second kappa shape index (κ2) is 7.61. The van der Waals surface area contributed by atoms with Crippen molar-refractivity contribution in [2.24, 2.45) is 5.92 Å². The van der Waals surface area contributed by atoms with E-state index in [1.807, 2.05) is 11.9 Å². The first-order chi connectivity index (χ1) is 10.2. The number of nitrogens with zero attached hydrogens (tertiary/aromatic N) is 1. The molecule has 0 aromatic rings. The first kappa shape index (κ1) is 16.0. The number of hydrogen-bond acceptors (Lipinski definition) is 5. The first-order valence-corrected chi connectivity index (χ1v) is 7.62. The second-order valence-electron chi connectivity index (χ2n) is 5.53. The summed E-state index contributed by atoms with van der Waals surface area (Å²) in [5.74, 6) is -0.0152. The number of amides is 2. The average molecular weight is 299 g/mol. The second-order valence-corrected chi connectivity index (χ2v) is 5.53. The van der Waals surface area contributed by atoms with E-state index in [9.17, 15) is 9.59 Å². The van der Waals surface area contributed by atoms with E-state index in [1.165, 1.54) is 0 Å². The van der Waals surface area contributed by atoms with Gasteiger partial charge in [0.05, 0.1) is 25.7 Å². The highest BCUT2D eigenvalue weighted by Crippen LogP contribution is 2.19. The number of ether oxygens (including phenoxy) is 2. The standard InChI is InChI=1S/C14H25N3O4/c1-3-21-14(19)16-10-5-4-6-17(7-10)13(18)11-8-20-9-12(11)15-2/h10-12,15H,3-9H2,1-2H3,(H,16,19). The van der Waals surface area contributed by atoms with Gasteiger partial charge < -0.3 is 25.0 Å². The van der Waals surface area contributed by atoms with Crippen LogP contribution in [0.25, 0.3) is 0 Å². The molecular weight excluding hydrogens is 274 g/mol. The van der Waals surface area contributed by atoms with Gasteiger partial charge in [-0.25, -0.2) is 4.79 Å². The maximum absolute atomic E-state index is 12.6. The van der Waals surface area contributed by atoms with Crippen molar-refractivity contribution in [3.63, 3.8) is 0 Å². The smallest absolute Gasteiger partial charge is 0.407 e. The molecule has 0 aromatic carbocycles. The Labute approximate surface area is 125 Å². The minimum Gasteiger partial charge on any atom is -0.450 e. The molecule has 0 spiro atoms. The van der Waals surface area contributed by atoms with Gasteiger partial charge in [0.2, 0.25) is 5.91 Å². The highest BCUT2D eigenvalue weighted by atomic mass is 16.5. The topological polar surface area (TPSA) is 79.9 Å². The monoisotopic (exact) mass is 299 g/mol. The Morgan fingerprint density at radius 2 is 2.19 bits per heavy atom. The zero-order chi connectivity index (χ0) is 15.2. The molecule has 0 radical (unpaired) electrons. The van der Waals surface area contributed by atoms with Crippen LogP contribution >= 0.6 is 0 Å². The highest BCUT2D eigenvalue weighted by Gasteiger charge is 2.37. The maximum atomic E-state index is 12.6. The van der Waals surface area contributed by atoms with Gasteiger partial charge in [-0.2, -0.15) is 0 Å². The normalized spacial score (nSPS) is 29.2. The fraction of sp³-hybridized carbons (Fsp3) is 0.857. The quantitative estimate of drug-likeness (QED) is 0.761. The molecule has 2 heterocycles. The summed E-state index contributed by atoms with van der Waals surface area (Å²) in [5, 5.41) is 5.95. The fourth-order valence-corrected chi connectivity index (χ4v) is 2.95. The molecular formula is C14H25N3O4. The number of piperidine rings is 1. The third-order valence-electron chi connectivity index (χ3n) is 4.10. The Balaban J connectivity index is 1.88. The lowest BCUT2D eigenvalue weighted by atomic mass is 9.99. The minimum absolute atomic E-state index is 0.0305. The van der Waals surface area contributed by atoms with Crippen LogP contribution in [0.15, 0.2) is 0 Å². The molecule has 7 heteroatoms. The van der Waals surface area contributed by atoms with Gasteiger partial charge in [0.15, 0.2) is 0 Å². The molecule has 2 N–H and O–H groups in total. The zero-order valence-corrected chi connectivity index (χ0v) is 12.8. The van der Waals surface area contributed by atoms with E-state index < -0.39 is 6.09 Å². The summed E-state index contributed by atoms with van der Waals surface area (Å²) in [7, 11) is 1.85. The van der Waals surface area contributed by atoms with Crippen LogP contribution in [0.2, 0.25) is 0 Å². The van der Waals surface area contributed by atoms with E-state index in [4.69, 9.17) is 9.47 Å². The predicted molar refractivity (Wildman–Crippen MR) is 76.9 cm³/mol. The summed E-state index contributed by atoms with van der Waals surface area (Å²) in [6.07, 6.45) is 1.36. The summed E-state index contributed by atoms with van der Waals surface area (Å²) in [4.78, 5) is 25.9. The van der Waals surface area contributed by atoms with Gasteiger partial charge in [-0.05, 0) is 26.8 Å². The van der Waals surface area contributed by atoms with Crippen molar-refractivity contribution in [2.45, 2.75) is 31.8 Å². The molecule has 0 aliphatic carbocycles. The number of rotatable bonds is 4. The molecule has 0 aromatic heterocycles. The number of nitrogens with one attached hydrogen (secondary N) is 2. The maximum Gasteiger partial charge on any atom is 0.407 e. The van der Waals surface area contributed by atoms with Gasteiger partial charge >= 0.3 is 6.09 Å². The van der Waals surface area contributed by atoms with Gasteiger partial charge in [0.25, 0.3) is 0 Å². The van der Waals surface area contributed by atoms with Crippen LogP contribution in [0.3, 0.4) is 0 Å². The SMILES string of the molecule is CCOC(=O)NC1CCCN(C(=O)C2COCC2NC)C1. The molecule has 3 atom stereocenters. The van der Waals surface area contributed by atoms with E-state index in [-0.39, 0.29) is 23.9 Å². The van der Waals surface area contributed by atoms with Crippen molar-refractivity contribution in [1.82, 2.24) is 15.5 Å². The van der Waals surface area contributed by atoms with Crippen molar-refractivity contribution in [2.75, 3.05) is 40.0 Å². The molecule has 2 amide bonds. The molecule has 120 valence electrons. The summed E-state index contributed by atoms with van der Waals surface area (Å²) in [6, 6.07) is 0.0491. The van der Waals surface area contributed by atoms with E-state index in [0.717, 1.165) is 19.4 Å². The van der Waals surface area contributed by atoms with E-state index >= 15 is 0 Å². The number of carbonyl (C=O) groups is 2. The van der Waals surface area contributed by atoms with Crippen LogP contribution in [0.4, 0.5) is 4.79 Å². The molecule has 2 rings (SSSR count). The Morgan fingerprint density at radius 1 is 1.38 bits per heavy atom. The molecule has 2 fully saturated rings. The Morgan fingerprint density at radius 3 is 2.90 bits per heavy atom. The van der Waals surface area contributed by atoms with Crippen molar-refractivity contribution in [3.05, 3.63) is 0 Å². The number of alkyl carbamates (subject to hydrolysis) is 1. The number of likely N-dealkylation sites (N-methyl/N-ethyl adjacent to an activating group) is 1. The molecule has 2 saturated heterocycles. The molecule has 0 bridgehead atoms. The van der Waals surface area contributed by atoms with Gasteiger partial charge in [0.1, 0.15) is 0 Å². The lowest BCUT2D eigenvalue weighted by Gasteiger charge is -2.35. The fourth-order valence-electron chi connectivity index (χ4n) is 2.95. The molecule has 7 nitrogen and oxygen atoms in total. The largest absolute Gasteiger partial charge is 0.450 e. The van der Waals surface area contributed by atoms with Gasteiger partial charge in [-0.3, -0.25) is 4.79 Å². The van der Waals surface area contributed by atoms with Crippen molar-refractivity contribution >= 4 is 12.0 Å². The van der Waals surface area contributed by atoms with Gasteiger partial charge in [-0.15, -0.1) is 0 Å². The van der Waals surface area contributed by atoms with Crippen molar-refractivity contribution < 1.29 is 19.1 Å². The Bertz CT molecular complexity index is 377.